The summed E-state index contributed by atoms with van der Waals surface area (Å²) in [5.41, 5.74) is -0.295. The monoisotopic (exact) mass is 304 g/mol. The highest BCUT2D eigenvalue weighted by molar-refractivity contribution is 5.92. The fraction of sp³-hybridized carbons (Fsp3) is 0.529. The van der Waals surface area contributed by atoms with E-state index in [2.05, 4.69) is 5.32 Å². The van der Waals surface area contributed by atoms with Crippen LogP contribution in [0.2, 0.25) is 0 Å². The summed E-state index contributed by atoms with van der Waals surface area (Å²) in [7, 11) is 1.76. The topological polar surface area (TPSA) is 58.6 Å². The van der Waals surface area contributed by atoms with E-state index in [1.54, 1.807) is 32.7 Å². The number of amides is 2. The van der Waals surface area contributed by atoms with Gasteiger partial charge in [-0.3, -0.25) is 4.79 Å². The van der Waals surface area contributed by atoms with E-state index >= 15 is 0 Å². The first-order valence-corrected chi connectivity index (χ1v) is 7.52. The number of hydrogen-bond acceptors (Lipinski definition) is 3. The Labute approximate surface area is 131 Å². The molecule has 5 heteroatoms. The van der Waals surface area contributed by atoms with Crippen LogP contribution in [0, 0.1) is 0 Å². The molecule has 1 aromatic rings. The van der Waals surface area contributed by atoms with Gasteiger partial charge in [0.05, 0.1) is 0 Å². The molecule has 0 radical (unpaired) electrons. The number of likely N-dealkylation sites (N-methyl/N-ethyl adjacent to an activating group) is 1. The summed E-state index contributed by atoms with van der Waals surface area (Å²) < 4.78 is 5.24. The molecule has 1 saturated carbocycles. The molecular weight excluding hydrogens is 280 g/mol. The highest BCUT2D eigenvalue weighted by atomic mass is 16.6. The van der Waals surface area contributed by atoms with Crippen LogP contribution in [0.1, 0.15) is 39.2 Å². The zero-order valence-corrected chi connectivity index (χ0v) is 13.7. The number of carbonyl (C=O) groups excluding carboxylic acids is 2. The number of benzene rings is 1. The quantitative estimate of drug-likeness (QED) is 0.930. The van der Waals surface area contributed by atoms with Crippen LogP contribution in [0.4, 0.5) is 4.79 Å². The molecule has 1 fully saturated rings. The highest BCUT2D eigenvalue weighted by Gasteiger charge is 2.53. The van der Waals surface area contributed by atoms with Crippen LogP contribution >= 0.6 is 0 Å². The molecule has 5 nitrogen and oxygen atoms in total. The summed E-state index contributed by atoms with van der Waals surface area (Å²) in [6, 6.07) is 9.78. The zero-order valence-electron chi connectivity index (χ0n) is 13.7. The Balaban J connectivity index is 1.95. The average molecular weight is 304 g/mol. The molecule has 0 atom stereocenters. The van der Waals surface area contributed by atoms with E-state index in [1.807, 2.05) is 30.3 Å². The molecule has 0 bridgehead atoms. The van der Waals surface area contributed by atoms with Crippen LogP contribution in [-0.2, 0) is 16.1 Å². The van der Waals surface area contributed by atoms with Gasteiger partial charge in [-0.15, -0.1) is 0 Å². The molecule has 2 rings (SSSR count). The Bertz CT molecular complexity index is 545. The van der Waals surface area contributed by atoms with Gasteiger partial charge in [-0.25, -0.2) is 4.79 Å². The van der Waals surface area contributed by atoms with Gasteiger partial charge in [-0.05, 0) is 39.2 Å². The summed E-state index contributed by atoms with van der Waals surface area (Å²) in [5.74, 6) is -0.0674. The van der Waals surface area contributed by atoms with E-state index in [4.69, 9.17) is 4.74 Å². The van der Waals surface area contributed by atoms with E-state index in [-0.39, 0.29) is 5.91 Å². The minimum Gasteiger partial charge on any atom is -0.444 e. The normalized spacial score (nSPS) is 15.8. The Kier molecular flexibility index (Phi) is 4.44. The van der Waals surface area contributed by atoms with Crippen molar-refractivity contribution in [3.8, 4) is 0 Å². The lowest BCUT2D eigenvalue weighted by molar-refractivity contribution is -0.133. The largest absolute Gasteiger partial charge is 0.444 e. The molecule has 0 unspecified atom stereocenters. The SMILES string of the molecule is CN(Cc1ccccc1)C(=O)C1(NC(=O)OC(C)(C)C)CC1. The van der Waals surface area contributed by atoms with Crippen molar-refractivity contribution in [2.24, 2.45) is 0 Å². The minimum atomic E-state index is -0.786. The molecule has 0 aliphatic heterocycles. The molecular formula is C17H24N2O3. The molecule has 0 spiro atoms. The molecule has 1 N–H and O–H groups in total. The maximum Gasteiger partial charge on any atom is 0.408 e. The van der Waals surface area contributed by atoms with Crippen molar-refractivity contribution in [3.05, 3.63) is 35.9 Å². The Morgan fingerprint density at radius 1 is 1.23 bits per heavy atom. The third kappa shape index (κ3) is 4.23. The van der Waals surface area contributed by atoms with Crippen molar-refractivity contribution < 1.29 is 14.3 Å². The fourth-order valence-corrected chi connectivity index (χ4v) is 2.31. The highest BCUT2D eigenvalue weighted by Crippen LogP contribution is 2.37. The van der Waals surface area contributed by atoms with Gasteiger partial charge in [0.2, 0.25) is 5.91 Å². The predicted octanol–water partition coefficient (Wildman–Crippen LogP) is 2.70. The molecule has 1 aliphatic carbocycles. The van der Waals surface area contributed by atoms with Crippen molar-refractivity contribution in [1.29, 1.82) is 0 Å². The summed E-state index contributed by atoms with van der Waals surface area (Å²) in [5, 5.41) is 2.74. The van der Waals surface area contributed by atoms with E-state index < -0.39 is 17.2 Å². The maximum absolute atomic E-state index is 12.6. The summed E-state index contributed by atoms with van der Waals surface area (Å²) >= 11 is 0. The van der Waals surface area contributed by atoms with Gasteiger partial charge < -0.3 is 15.0 Å². The van der Waals surface area contributed by atoms with Crippen LogP contribution in [-0.4, -0.2) is 35.1 Å². The molecule has 120 valence electrons. The second kappa shape index (κ2) is 5.99. The van der Waals surface area contributed by atoms with Crippen molar-refractivity contribution in [1.82, 2.24) is 10.2 Å². The molecule has 2 amide bonds. The van der Waals surface area contributed by atoms with Crippen molar-refractivity contribution in [2.45, 2.75) is 51.3 Å². The van der Waals surface area contributed by atoms with Crippen molar-refractivity contribution >= 4 is 12.0 Å². The third-order valence-electron chi connectivity index (χ3n) is 3.51. The first kappa shape index (κ1) is 16.3. The lowest BCUT2D eigenvalue weighted by Crippen LogP contribution is -2.50. The molecule has 1 aromatic carbocycles. The number of ether oxygens (including phenoxy) is 1. The number of carbonyl (C=O) groups is 2. The first-order valence-electron chi connectivity index (χ1n) is 7.52. The molecule has 22 heavy (non-hydrogen) atoms. The van der Waals surface area contributed by atoms with Gasteiger partial charge in [0.15, 0.2) is 0 Å². The van der Waals surface area contributed by atoms with E-state index in [0.717, 1.165) is 5.56 Å². The standard InChI is InChI=1S/C17H24N2O3/c1-16(2,3)22-15(21)18-17(10-11-17)14(20)19(4)12-13-8-6-5-7-9-13/h5-9H,10-12H2,1-4H3,(H,18,21). The smallest absolute Gasteiger partial charge is 0.408 e. The summed E-state index contributed by atoms with van der Waals surface area (Å²) in [6.07, 6.45) is 0.778. The number of rotatable bonds is 4. The van der Waals surface area contributed by atoms with Crippen molar-refractivity contribution in [3.63, 3.8) is 0 Å². The van der Waals surface area contributed by atoms with Gasteiger partial charge in [-0.1, -0.05) is 30.3 Å². The number of nitrogens with one attached hydrogen (secondary N) is 1. The second-order valence-corrected chi connectivity index (χ2v) is 6.86. The van der Waals surface area contributed by atoms with Crippen LogP contribution in [0.3, 0.4) is 0 Å². The lowest BCUT2D eigenvalue weighted by Gasteiger charge is -2.26. The van der Waals surface area contributed by atoms with Crippen LogP contribution in [0.5, 0.6) is 0 Å². The first-order chi connectivity index (χ1) is 10.2. The van der Waals surface area contributed by atoms with Gasteiger partial charge in [-0.2, -0.15) is 0 Å². The maximum atomic E-state index is 12.6. The molecule has 0 heterocycles. The van der Waals surface area contributed by atoms with Crippen molar-refractivity contribution in [2.75, 3.05) is 7.05 Å². The van der Waals surface area contributed by atoms with E-state index in [1.165, 1.54) is 0 Å². The predicted molar refractivity (Wildman–Crippen MR) is 84.3 cm³/mol. The summed E-state index contributed by atoms with van der Waals surface area (Å²) in [6.45, 7) is 5.93. The number of nitrogens with zero attached hydrogens (tertiary/aromatic N) is 1. The molecule has 0 saturated heterocycles. The molecule has 1 aliphatic rings. The van der Waals surface area contributed by atoms with Gasteiger partial charge in [0, 0.05) is 13.6 Å². The van der Waals surface area contributed by atoms with Crippen LogP contribution in [0.15, 0.2) is 30.3 Å². The zero-order chi connectivity index (χ0) is 16.4. The number of alkyl carbamates (subject to hydrolysis) is 1. The molecule has 0 aromatic heterocycles. The van der Waals surface area contributed by atoms with E-state index in [9.17, 15) is 9.59 Å². The fourth-order valence-electron chi connectivity index (χ4n) is 2.31. The van der Waals surface area contributed by atoms with E-state index in [0.29, 0.717) is 19.4 Å². The third-order valence-corrected chi connectivity index (χ3v) is 3.51. The minimum absolute atomic E-state index is 0.0674. The summed E-state index contributed by atoms with van der Waals surface area (Å²) in [4.78, 5) is 26.1. The average Bonchev–Trinajstić information content (AvgIpc) is 3.17. The van der Waals surface area contributed by atoms with Crippen LogP contribution < -0.4 is 5.32 Å². The Hall–Kier alpha value is -2.04. The lowest BCUT2D eigenvalue weighted by atomic mass is 10.2. The van der Waals surface area contributed by atoms with Gasteiger partial charge in [0.25, 0.3) is 0 Å². The van der Waals surface area contributed by atoms with Gasteiger partial charge >= 0.3 is 6.09 Å². The Morgan fingerprint density at radius 3 is 2.32 bits per heavy atom. The van der Waals surface area contributed by atoms with Gasteiger partial charge in [0.1, 0.15) is 11.1 Å². The number of hydrogen-bond donors (Lipinski definition) is 1. The second-order valence-electron chi connectivity index (χ2n) is 6.86. The Morgan fingerprint density at radius 2 is 1.82 bits per heavy atom. The van der Waals surface area contributed by atoms with Crippen LogP contribution in [0.25, 0.3) is 0 Å².